The molecular formula is C20H20N4O2. The lowest BCUT2D eigenvalue weighted by Gasteiger charge is -2.33. The standard InChI is InChI=1S/C20H20N4O2/c21-19(26)20(11-15-5-3-9-22-12-15,17-7-1-2-8-18(17)25)24-14-16-6-4-10-23-13-16/h1-10,12-13,24-25H,11,14H2,(H2,21,26). The number of phenols is 1. The summed E-state index contributed by atoms with van der Waals surface area (Å²) in [6.45, 7) is 0.366. The molecule has 0 aliphatic rings. The van der Waals surface area contributed by atoms with E-state index in [4.69, 9.17) is 5.73 Å². The first-order valence-electron chi connectivity index (χ1n) is 8.23. The number of nitrogens with two attached hydrogens (primary N) is 1. The van der Waals surface area contributed by atoms with Gasteiger partial charge >= 0.3 is 0 Å². The molecule has 3 rings (SSSR count). The number of pyridine rings is 2. The monoisotopic (exact) mass is 348 g/mol. The van der Waals surface area contributed by atoms with E-state index in [2.05, 4.69) is 15.3 Å². The number of aromatic hydroxyl groups is 1. The molecule has 1 aromatic carbocycles. The average molecular weight is 348 g/mol. The van der Waals surface area contributed by atoms with Crippen molar-refractivity contribution in [2.75, 3.05) is 0 Å². The summed E-state index contributed by atoms with van der Waals surface area (Å²) in [7, 11) is 0. The Bertz CT molecular complexity index is 871. The van der Waals surface area contributed by atoms with Crippen molar-refractivity contribution in [2.24, 2.45) is 5.73 Å². The summed E-state index contributed by atoms with van der Waals surface area (Å²) in [5.74, 6) is -0.569. The van der Waals surface area contributed by atoms with Crippen LogP contribution in [0.5, 0.6) is 5.75 Å². The number of nitrogens with one attached hydrogen (secondary N) is 1. The zero-order valence-corrected chi connectivity index (χ0v) is 14.2. The molecule has 3 aromatic rings. The molecule has 0 saturated carbocycles. The van der Waals surface area contributed by atoms with Crippen molar-refractivity contribution in [1.82, 2.24) is 15.3 Å². The van der Waals surface area contributed by atoms with Crippen LogP contribution in [-0.2, 0) is 23.3 Å². The number of rotatable bonds is 7. The van der Waals surface area contributed by atoms with Crippen molar-refractivity contribution >= 4 is 5.91 Å². The first kappa shape index (κ1) is 17.6. The molecule has 0 bridgehead atoms. The van der Waals surface area contributed by atoms with Crippen LogP contribution in [0.3, 0.4) is 0 Å². The normalized spacial score (nSPS) is 13.1. The lowest BCUT2D eigenvalue weighted by molar-refractivity contribution is -0.125. The number of carbonyl (C=O) groups is 1. The Kier molecular flexibility index (Phi) is 5.24. The number of para-hydroxylation sites is 1. The van der Waals surface area contributed by atoms with E-state index in [1.54, 1.807) is 55.1 Å². The molecule has 1 atom stereocenters. The highest BCUT2D eigenvalue weighted by Gasteiger charge is 2.40. The van der Waals surface area contributed by atoms with Gasteiger partial charge in [-0.1, -0.05) is 30.3 Å². The molecule has 26 heavy (non-hydrogen) atoms. The van der Waals surface area contributed by atoms with Crippen LogP contribution < -0.4 is 11.1 Å². The van der Waals surface area contributed by atoms with Gasteiger partial charge < -0.3 is 10.8 Å². The third-order valence-electron chi connectivity index (χ3n) is 4.29. The molecule has 0 spiro atoms. The summed E-state index contributed by atoms with van der Waals surface area (Å²) in [5.41, 5.74) is 6.71. The van der Waals surface area contributed by atoms with Gasteiger partial charge in [0.05, 0.1) is 0 Å². The van der Waals surface area contributed by atoms with E-state index in [9.17, 15) is 9.90 Å². The second-order valence-corrected chi connectivity index (χ2v) is 6.04. The highest BCUT2D eigenvalue weighted by atomic mass is 16.3. The highest BCUT2D eigenvalue weighted by Crippen LogP contribution is 2.32. The predicted molar refractivity (Wildman–Crippen MR) is 98.0 cm³/mol. The van der Waals surface area contributed by atoms with E-state index in [0.29, 0.717) is 12.1 Å². The van der Waals surface area contributed by atoms with Crippen LogP contribution in [0.15, 0.2) is 73.3 Å². The molecule has 0 aliphatic carbocycles. The largest absolute Gasteiger partial charge is 0.508 e. The van der Waals surface area contributed by atoms with Crippen molar-refractivity contribution < 1.29 is 9.90 Å². The van der Waals surface area contributed by atoms with Gasteiger partial charge in [0.1, 0.15) is 11.3 Å². The SMILES string of the molecule is NC(=O)C(Cc1cccnc1)(NCc1cccnc1)c1ccccc1O. The second kappa shape index (κ2) is 7.76. The summed E-state index contributed by atoms with van der Waals surface area (Å²) >= 11 is 0. The van der Waals surface area contributed by atoms with Crippen LogP contribution in [0.25, 0.3) is 0 Å². The van der Waals surface area contributed by atoms with Gasteiger partial charge in [0.2, 0.25) is 5.91 Å². The third kappa shape index (κ3) is 3.70. The van der Waals surface area contributed by atoms with E-state index in [0.717, 1.165) is 11.1 Å². The van der Waals surface area contributed by atoms with Crippen LogP contribution in [-0.4, -0.2) is 21.0 Å². The fraction of sp³-hybridized carbons (Fsp3) is 0.150. The van der Waals surface area contributed by atoms with Crippen molar-refractivity contribution in [2.45, 2.75) is 18.5 Å². The number of hydrogen-bond donors (Lipinski definition) is 3. The third-order valence-corrected chi connectivity index (χ3v) is 4.29. The van der Waals surface area contributed by atoms with E-state index in [1.807, 2.05) is 18.2 Å². The molecule has 2 heterocycles. The summed E-state index contributed by atoms with van der Waals surface area (Å²) in [4.78, 5) is 20.8. The maximum atomic E-state index is 12.6. The van der Waals surface area contributed by atoms with Gasteiger partial charge in [-0.2, -0.15) is 0 Å². The first-order chi connectivity index (χ1) is 12.6. The second-order valence-electron chi connectivity index (χ2n) is 6.04. The Morgan fingerprint density at radius 2 is 1.65 bits per heavy atom. The fourth-order valence-electron chi connectivity index (χ4n) is 2.96. The van der Waals surface area contributed by atoms with E-state index in [-0.39, 0.29) is 12.2 Å². The molecule has 0 saturated heterocycles. The maximum absolute atomic E-state index is 12.6. The molecule has 2 aromatic heterocycles. The van der Waals surface area contributed by atoms with E-state index >= 15 is 0 Å². The molecule has 0 radical (unpaired) electrons. The van der Waals surface area contributed by atoms with Crippen LogP contribution in [0, 0.1) is 0 Å². The summed E-state index contributed by atoms with van der Waals surface area (Å²) in [5, 5.41) is 13.6. The van der Waals surface area contributed by atoms with Crippen LogP contribution in [0.2, 0.25) is 0 Å². The number of hydrogen-bond acceptors (Lipinski definition) is 5. The molecule has 6 heteroatoms. The smallest absolute Gasteiger partial charge is 0.242 e. The molecule has 1 unspecified atom stereocenters. The Morgan fingerprint density at radius 1 is 1.00 bits per heavy atom. The van der Waals surface area contributed by atoms with Crippen molar-refractivity contribution in [1.29, 1.82) is 0 Å². The summed E-state index contributed by atoms with van der Waals surface area (Å²) in [6.07, 6.45) is 7.01. The quantitative estimate of drug-likeness (QED) is 0.605. The van der Waals surface area contributed by atoms with Crippen LogP contribution >= 0.6 is 0 Å². The topological polar surface area (TPSA) is 101 Å². The minimum atomic E-state index is -1.29. The summed E-state index contributed by atoms with van der Waals surface area (Å²) in [6, 6.07) is 14.1. The minimum Gasteiger partial charge on any atom is -0.508 e. The average Bonchev–Trinajstić information content (AvgIpc) is 2.67. The lowest BCUT2D eigenvalue weighted by Crippen LogP contribution is -2.54. The van der Waals surface area contributed by atoms with E-state index < -0.39 is 11.4 Å². The van der Waals surface area contributed by atoms with E-state index in [1.165, 1.54) is 0 Å². The number of carbonyl (C=O) groups excluding carboxylic acids is 1. The maximum Gasteiger partial charge on any atom is 0.242 e. The first-order valence-corrected chi connectivity index (χ1v) is 8.23. The fourth-order valence-corrected chi connectivity index (χ4v) is 2.96. The van der Waals surface area contributed by atoms with Gasteiger partial charge in [-0.3, -0.25) is 20.1 Å². The van der Waals surface area contributed by atoms with Gasteiger partial charge in [0, 0.05) is 43.3 Å². The molecule has 132 valence electrons. The van der Waals surface area contributed by atoms with Gasteiger partial charge in [-0.15, -0.1) is 0 Å². The van der Waals surface area contributed by atoms with Gasteiger partial charge in [-0.05, 0) is 29.3 Å². The Morgan fingerprint density at radius 3 is 2.23 bits per heavy atom. The highest BCUT2D eigenvalue weighted by molar-refractivity contribution is 5.87. The number of nitrogens with zero attached hydrogens (tertiary/aromatic N) is 2. The van der Waals surface area contributed by atoms with Gasteiger partial charge in [-0.25, -0.2) is 0 Å². The van der Waals surface area contributed by atoms with Crippen molar-refractivity contribution in [3.63, 3.8) is 0 Å². The zero-order valence-electron chi connectivity index (χ0n) is 14.2. The molecular weight excluding hydrogens is 328 g/mol. The molecule has 1 amide bonds. The van der Waals surface area contributed by atoms with Crippen molar-refractivity contribution in [3.05, 3.63) is 90.0 Å². The van der Waals surface area contributed by atoms with Crippen LogP contribution in [0.4, 0.5) is 0 Å². The van der Waals surface area contributed by atoms with Crippen molar-refractivity contribution in [3.8, 4) is 5.75 Å². The van der Waals surface area contributed by atoms with Crippen LogP contribution in [0.1, 0.15) is 16.7 Å². The number of aromatic nitrogens is 2. The minimum absolute atomic E-state index is 0.00822. The Labute approximate surface area is 151 Å². The number of primary amides is 1. The molecule has 6 nitrogen and oxygen atoms in total. The number of amides is 1. The molecule has 0 fully saturated rings. The Balaban J connectivity index is 2.03. The molecule has 4 N–H and O–H groups in total. The predicted octanol–water partition coefficient (Wildman–Crippen LogP) is 1.90. The Hall–Kier alpha value is -3.25. The van der Waals surface area contributed by atoms with Gasteiger partial charge in [0.25, 0.3) is 0 Å². The lowest BCUT2D eigenvalue weighted by atomic mass is 9.82. The molecule has 0 aliphatic heterocycles. The number of benzene rings is 1. The zero-order chi connectivity index (χ0) is 18.4. The number of phenolic OH excluding ortho intramolecular Hbond substituents is 1. The van der Waals surface area contributed by atoms with Gasteiger partial charge in [0.15, 0.2) is 0 Å². The summed E-state index contributed by atoms with van der Waals surface area (Å²) < 4.78 is 0.